The van der Waals surface area contributed by atoms with Crippen molar-refractivity contribution in [2.45, 2.75) is 25.4 Å². The lowest BCUT2D eigenvalue weighted by Crippen LogP contribution is -2.34. The summed E-state index contributed by atoms with van der Waals surface area (Å²) in [6.07, 6.45) is 1.86. The molecule has 1 aromatic heterocycles. The lowest BCUT2D eigenvalue weighted by Gasteiger charge is -2.26. The van der Waals surface area contributed by atoms with Gasteiger partial charge in [-0.2, -0.15) is 4.80 Å². The Balaban J connectivity index is 1.30. The highest BCUT2D eigenvalue weighted by molar-refractivity contribution is 6.30. The highest BCUT2D eigenvalue weighted by atomic mass is 35.5. The fourth-order valence-electron chi connectivity index (χ4n) is 3.92. The number of hydrogen-bond acceptors (Lipinski definition) is 6. The molecule has 30 heavy (non-hydrogen) atoms. The van der Waals surface area contributed by atoms with Crippen molar-refractivity contribution >= 4 is 17.5 Å². The standard InChI is InChI=1S/C21H20ClN5O3/c22-16-6-3-14(4-7-16)21-23-25-27(24-21)13-20(28)26-9-1-2-17(26)15-5-8-18-19(12-15)30-11-10-29-18/h3-8,12,17H,1-2,9-11,13H2. The molecule has 3 heterocycles. The molecule has 1 fully saturated rings. The van der Waals surface area contributed by atoms with E-state index in [1.54, 1.807) is 12.1 Å². The molecule has 1 amide bonds. The Bertz CT molecular complexity index is 1070. The third-order valence-electron chi connectivity index (χ3n) is 5.36. The summed E-state index contributed by atoms with van der Waals surface area (Å²) < 4.78 is 11.3. The van der Waals surface area contributed by atoms with Gasteiger partial charge in [-0.1, -0.05) is 17.7 Å². The van der Waals surface area contributed by atoms with Gasteiger partial charge in [-0.3, -0.25) is 4.79 Å². The number of carbonyl (C=O) groups excluding carboxylic acids is 1. The first-order valence-corrected chi connectivity index (χ1v) is 10.3. The third-order valence-corrected chi connectivity index (χ3v) is 5.61. The molecular weight excluding hydrogens is 406 g/mol. The number of hydrogen-bond donors (Lipinski definition) is 0. The first-order valence-electron chi connectivity index (χ1n) is 9.90. The molecule has 0 saturated carbocycles. The zero-order valence-corrected chi connectivity index (χ0v) is 17.0. The largest absolute Gasteiger partial charge is 0.486 e. The smallest absolute Gasteiger partial charge is 0.246 e. The number of carbonyl (C=O) groups is 1. The average molecular weight is 426 g/mol. The van der Waals surface area contributed by atoms with Crippen LogP contribution in [-0.4, -0.2) is 50.8 Å². The van der Waals surface area contributed by atoms with Crippen molar-refractivity contribution in [2.75, 3.05) is 19.8 Å². The van der Waals surface area contributed by atoms with Gasteiger partial charge < -0.3 is 14.4 Å². The number of halogens is 1. The second-order valence-electron chi connectivity index (χ2n) is 7.30. The molecule has 1 unspecified atom stereocenters. The molecule has 3 aromatic rings. The number of ether oxygens (including phenoxy) is 2. The van der Waals surface area contributed by atoms with E-state index in [4.69, 9.17) is 21.1 Å². The van der Waals surface area contributed by atoms with Crippen LogP contribution in [0.15, 0.2) is 42.5 Å². The van der Waals surface area contributed by atoms with E-state index in [1.807, 2.05) is 35.2 Å². The monoisotopic (exact) mass is 425 g/mol. The van der Waals surface area contributed by atoms with E-state index in [9.17, 15) is 4.79 Å². The number of tetrazole rings is 1. The van der Waals surface area contributed by atoms with Crippen molar-refractivity contribution in [3.63, 3.8) is 0 Å². The number of nitrogens with zero attached hydrogens (tertiary/aromatic N) is 5. The van der Waals surface area contributed by atoms with Gasteiger partial charge in [0.1, 0.15) is 19.8 Å². The second kappa shape index (κ2) is 7.95. The first kappa shape index (κ1) is 18.9. The van der Waals surface area contributed by atoms with Crippen LogP contribution in [0.3, 0.4) is 0 Å². The highest BCUT2D eigenvalue weighted by Gasteiger charge is 2.31. The summed E-state index contributed by atoms with van der Waals surface area (Å²) in [5, 5.41) is 13.1. The lowest BCUT2D eigenvalue weighted by atomic mass is 10.0. The van der Waals surface area contributed by atoms with Crippen molar-refractivity contribution in [3.05, 3.63) is 53.1 Å². The number of likely N-dealkylation sites (tertiary alicyclic amines) is 1. The Labute approximate surface area is 178 Å². The summed E-state index contributed by atoms with van der Waals surface area (Å²) in [5.41, 5.74) is 1.85. The number of fused-ring (bicyclic) bond motifs is 1. The fraction of sp³-hybridized carbons (Fsp3) is 0.333. The van der Waals surface area contributed by atoms with E-state index in [-0.39, 0.29) is 18.5 Å². The average Bonchev–Trinajstić information content (AvgIpc) is 3.44. The number of rotatable bonds is 4. The van der Waals surface area contributed by atoms with E-state index in [1.165, 1.54) is 4.80 Å². The van der Waals surface area contributed by atoms with Crippen LogP contribution in [0, 0.1) is 0 Å². The molecule has 0 aliphatic carbocycles. The highest BCUT2D eigenvalue weighted by Crippen LogP contribution is 2.38. The van der Waals surface area contributed by atoms with Crippen LogP contribution in [0.25, 0.3) is 11.4 Å². The lowest BCUT2D eigenvalue weighted by molar-refractivity contribution is -0.133. The fourth-order valence-corrected chi connectivity index (χ4v) is 4.04. The second-order valence-corrected chi connectivity index (χ2v) is 7.74. The quantitative estimate of drug-likeness (QED) is 0.638. The van der Waals surface area contributed by atoms with Gasteiger partial charge in [0, 0.05) is 17.1 Å². The molecule has 0 radical (unpaired) electrons. The molecule has 2 aliphatic heterocycles. The molecule has 2 aliphatic rings. The van der Waals surface area contributed by atoms with Crippen molar-refractivity contribution in [1.29, 1.82) is 0 Å². The minimum Gasteiger partial charge on any atom is -0.486 e. The van der Waals surface area contributed by atoms with Crippen LogP contribution in [-0.2, 0) is 11.3 Å². The van der Waals surface area contributed by atoms with E-state index in [0.29, 0.717) is 30.6 Å². The van der Waals surface area contributed by atoms with Gasteiger partial charge >= 0.3 is 0 Å². The molecule has 5 rings (SSSR count). The molecule has 0 spiro atoms. The molecule has 154 valence electrons. The van der Waals surface area contributed by atoms with Gasteiger partial charge in [0.2, 0.25) is 11.7 Å². The van der Waals surface area contributed by atoms with Crippen LogP contribution < -0.4 is 9.47 Å². The Morgan fingerprint density at radius 2 is 1.90 bits per heavy atom. The molecule has 9 heteroatoms. The summed E-state index contributed by atoms with van der Waals surface area (Å²) in [6.45, 7) is 1.85. The van der Waals surface area contributed by atoms with Crippen molar-refractivity contribution in [3.8, 4) is 22.9 Å². The maximum Gasteiger partial charge on any atom is 0.246 e. The SMILES string of the molecule is O=C(Cn1nnc(-c2ccc(Cl)cc2)n1)N1CCCC1c1ccc2c(c1)OCCO2. The van der Waals surface area contributed by atoms with Gasteiger partial charge in [0.05, 0.1) is 6.04 Å². The summed E-state index contributed by atoms with van der Waals surface area (Å²) in [5.74, 6) is 1.92. The first-order chi connectivity index (χ1) is 14.7. The number of aromatic nitrogens is 4. The van der Waals surface area contributed by atoms with Crippen molar-refractivity contribution in [2.24, 2.45) is 0 Å². The van der Waals surface area contributed by atoms with E-state index in [2.05, 4.69) is 15.4 Å². The van der Waals surface area contributed by atoms with Gasteiger partial charge in [-0.05, 0) is 60.0 Å². The summed E-state index contributed by atoms with van der Waals surface area (Å²) in [7, 11) is 0. The molecule has 0 bridgehead atoms. The molecule has 0 N–H and O–H groups in total. The zero-order valence-electron chi connectivity index (χ0n) is 16.2. The van der Waals surface area contributed by atoms with Gasteiger partial charge in [0.15, 0.2) is 11.5 Å². The Kier molecular flexibility index (Phi) is 5.00. The van der Waals surface area contributed by atoms with Crippen LogP contribution in [0.2, 0.25) is 5.02 Å². The Morgan fingerprint density at radius 3 is 2.73 bits per heavy atom. The Hall–Kier alpha value is -3.13. The Morgan fingerprint density at radius 1 is 1.10 bits per heavy atom. The van der Waals surface area contributed by atoms with Crippen molar-refractivity contribution < 1.29 is 14.3 Å². The molecule has 8 nitrogen and oxygen atoms in total. The predicted octanol–water partition coefficient (Wildman–Crippen LogP) is 3.13. The van der Waals surface area contributed by atoms with Crippen LogP contribution >= 0.6 is 11.6 Å². The van der Waals surface area contributed by atoms with Gasteiger partial charge in [-0.15, -0.1) is 10.2 Å². The maximum atomic E-state index is 13.0. The van der Waals surface area contributed by atoms with Crippen LogP contribution in [0.1, 0.15) is 24.4 Å². The predicted molar refractivity (Wildman–Crippen MR) is 109 cm³/mol. The summed E-state index contributed by atoms with van der Waals surface area (Å²) >= 11 is 5.92. The minimum atomic E-state index is -0.0348. The van der Waals surface area contributed by atoms with Crippen LogP contribution in [0.4, 0.5) is 0 Å². The molecule has 1 atom stereocenters. The number of benzene rings is 2. The summed E-state index contributed by atoms with van der Waals surface area (Å²) in [4.78, 5) is 16.2. The normalized spacial score (nSPS) is 17.9. The molecular formula is C21H20ClN5O3. The third kappa shape index (κ3) is 3.70. The van der Waals surface area contributed by atoms with E-state index >= 15 is 0 Å². The minimum absolute atomic E-state index is 0.00702. The topological polar surface area (TPSA) is 82.4 Å². The van der Waals surface area contributed by atoms with E-state index < -0.39 is 0 Å². The van der Waals surface area contributed by atoms with Gasteiger partial charge in [0.25, 0.3) is 0 Å². The van der Waals surface area contributed by atoms with Gasteiger partial charge in [-0.25, -0.2) is 0 Å². The molecule has 1 saturated heterocycles. The summed E-state index contributed by atoms with van der Waals surface area (Å²) in [6, 6.07) is 13.1. The van der Waals surface area contributed by atoms with Crippen LogP contribution in [0.5, 0.6) is 11.5 Å². The molecule has 2 aromatic carbocycles. The number of amides is 1. The van der Waals surface area contributed by atoms with Crippen molar-refractivity contribution in [1.82, 2.24) is 25.1 Å². The maximum absolute atomic E-state index is 13.0. The van der Waals surface area contributed by atoms with E-state index in [0.717, 1.165) is 35.5 Å². The zero-order chi connectivity index (χ0) is 20.5.